The number of hydrogen-bond donors (Lipinski definition) is 1. The van der Waals surface area contributed by atoms with Crippen LogP contribution in [-0.2, 0) is 21.2 Å². The number of nitrogens with one attached hydrogen (secondary N) is 1. The zero-order valence-corrected chi connectivity index (χ0v) is 19.8. The molecule has 7 nitrogen and oxygen atoms in total. The molecule has 1 saturated heterocycles. The van der Waals surface area contributed by atoms with Crippen LogP contribution in [0.15, 0.2) is 41.3 Å². The third kappa shape index (κ3) is 6.23. The van der Waals surface area contributed by atoms with Gasteiger partial charge in [0, 0.05) is 19.5 Å². The van der Waals surface area contributed by atoms with Gasteiger partial charge in [0.2, 0.25) is 15.9 Å². The van der Waals surface area contributed by atoms with Crippen molar-refractivity contribution in [2.45, 2.75) is 44.4 Å². The molecule has 1 aliphatic rings. The van der Waals surface area contributed by atoms with E-state index in [2.05, 4.69) is 11.4 Å². The SMILES string of the molecule is COc1ccc(S(=O)(=O)N2CCCC2)cc1CCC(=O)NCCOc1cc(C)cc(C)c1. The van der Waals surface area contributed by atoms with Gasteiger partial charge in [-0.3, -0.25) is 4.79 Å². The molecule has 3 rings (SSSR count). The van der Waals surface area contributed by atoms with Crippen LogP contribution >= 0.6 is 0 Å². The van der Waals surface area contributed by atoms with E-state index in [1.54, 1.807) is 18.2 Å². The molecule has 0 spiro atoms. The first-order valence-electron chi connectivity index (χ1n) is 10.9. The van der Waals surface area contributed by atoms with E-state index >= 15 is 0 Å². The van der Waals surface area contributed by atoms with Crippen molar-refractivity contribution in [3.05, 3.63) is 53.1 Å². The molecule has 0 radical (unpaired) electrons. The van der Waals surface area contributed by atoms with Gasteiger partial charge >= 0.3 is 0 Å². The summed E-state index contributed by atoms with van der Waals surface area (Å²) in [5.74, 6) is 1.25. The van der Waals surface area contributed by atoms with E-state index < -0.39 is 10.0 Å². The molecular formula is C24H32N2O5S. The summed E-state index contributed by atoms with van der Waals surface area (Å²) in [6, 6.07) is 10.9. The third-order valence-electron chi connectivity index (χ3n) is 5.46. The predicted octanol–water partition coefficient (Wildman–Crippen LogP) is 3.22. The van der Waals surface area contributed by atoms with Gasteiger partial charge in [-0.25, -0.2) is 8.42 Å². The minimum absolute atomic E-state index is 0.121. The summed E-state index contributed by atoms with van der Waals surface area (Å²) in [4.78, 5) is 12.5. The fourth-order valence-corrected chi connectivity index (χ4v) is 5.47. The van der Waals surface area contributed by atoms with Crippen LogP contribution in [0.2, 0.25) is 0 Å². The molecule has 2 aromatic carbocycles. The normalized spacial score (nSPS) is 14.3. The number of amides is 1. The van der Waals surface area contributed by atoms with Crippen LogP contribution < -0.4 is 14.8 Å². The minimum Gasteiger partial charge on any atom is -0.496 e. The molecule has 1 heterocycles. The molecule has 0 aromatic heterocycles. The van der Waals surface area contributed by atoms with E-state index in [9.17, 15) is 13.2 Å². The van der Waals surface area contributed by atoms with Gasteiger partial charge in [0.15, 0.2) is 0 Å². The van der Waals surface area contributed by atoms with Gasteiger partial charge in [-0.2, -0.15) is 4.31 Å². The molecule has 0 saturated carbocycles. The predicted molar refractivity (Wildman–Crippen MR) is 124 cm³/mol. The van der Waals surface area contributed by atoms with E-state index in [1.807, 2.05) is 26.0 Å². The summed E-state index contributed by atoms with van der Waals surface area (Å²) >= 11 is 0. The number of sulfonamides is 1. The number of nitrogens with zero attached hydrogens (tertiary/aromatic N) is 1. The zero-order chi connectivity index (χ0) is 23.1. The topological polar surface area (TPSA) is 84.9 Å². The number of ether oxygens (including phenoxy) is 2. The van der Waals surface area contributed by atoms with Crippen molar-refractivity contribution < 1.29 is 22.7 Å². The highest BCUT2D eigenvalue weighted by molar-refractivity contribution is 7.89. The highest BCUT2D eigenvalue weighted by Crippen LogP contribution is 2.27. The molecule has 0 aliphatic carbocycles. The Morgan fingerprint density at radius 2 is 1.75 bits per heavy atom. The molecule has 0 atom stereocenters. The fraction of sp³-hybridized carbons (Fsp3) is 0.458. The van der Waals surface area contributed by atoms with Crippen LogP contribution in [0.4, 0.5) is 0 Å². The largest absolute Gasteiger partial charge is 0.496 e. The van der Waals surface area contributed by atoms with Crippen LogP contribution in [0.5, 0.6) is 11.5 Å². The summed E-state index contributed by atoms with van der Waals surface area (Å²) in [7, 11) is -1.97. The summed E-state index contributed by atoms with van der Waals surface area (Å²) in [5, 5.41) is 2.85. The molecule has 1 N–H and O–H groups in total. The molecule has 174 valence electrons. The maximum absolute atomic E-state index is 12.8. The molecular weight excluding hydrogens is 428 g/mol. The number of aryl methyl sites for hydroxylation is 3. The molecule has 0 unspecified atom stereocenters. The van der Waals surface area contributed by atoms with Gasteiger partial charge in [-0.1, -0.05) is 6.07 Å². The Balaban J connectivity index is 1.53. The lowest BCUT2D eigenvalue weighted by molar-refractivity contribution is -0.121. The zero-order valence-electron chi connectivity index (χ0n) is 19.0. The van der Waals surface area contributed by atoms with Crippen molar-refractivity contribution in [2.75, 3.05) is 33.4 Å². The van der Waals surface area contributed by atoms with Gasteiger partial charge in [-0.05, 0) is 80.1 Å². The average molecular weight is 461 g/mol. The molecule has 8 heteroatoms. The van der Waals surface area contributed by atoms with Gasteiger partial charge in [0.1, 0.15) is 18.1 Å². The Bertz CT molecular complexity index is 1030. The standard InChI is InChI=1S/C24H32N2O5S/c1-18-14-19(2)16-21(15-18)31-13-10-25-24(27)9-6-20-17-22(7-8-23(20)30-3)32(28,29)26-11-4-5-12-26/h7-8,14-17H,4-6,9-13H2,1-3H3,(H,25,27). The second-order valence-electron chi connectivity index (χ2n) is 8.11. The lowest BCUT2D eigenvalue weighted by atomic mass is 10.1. The van der Waals surface area contributed by atoms with E-state index in [1.165, 1.54) is 11.4 Å². The highest BCUT2D eigenvalue weighted by atomic mass is 32.2. The first-order valence-corrected chi connectivity index (χ1v) is 12.4. The van der Waals surface area contributed by atoms with Crippen LogP contribution in [0.25, 0.3) is 0 Å². The summed E-state index contributed by atoms with van der Waals surface area (Å²) in [5.41, 5.74) is 2.97. The second kappa shape index (κ2) is 10.8. The summed E-state index contributed by atoms with van der Waals surface area (Å²) in [6.07, 6.45) is 2.38. The van der Waals surface area contributed by atoms with E-state index in [4.69, 9.17) is 9.47 Å². The number of benzene rings is 2. The Morgan fingerprint density at radius 3 is 2.41 bits per heavy atom. The number of hydrogen-bond acceptors (Lipinski definition) is 5. The fourth-order valence-electron chi connectivity index (χ4n) is 3.90. The maximum atomic E-state index is 12.8. The lowest BCUT2D eigenvalue weighted by Gasteiger charge is -2.17. The molecule has 1 aliphatic heterocycles. The lowest BCUT2D eigenvalue weighted by Crippen LogP contribution is -2.28. The monoisotopic (exact) mass is 460 g/mol. The van der Waals surface area contributed by atoms with Gasteiger partial charge in [0.25, 0.3) is 0 Å². The minimum atomic E-state index is -3.51. The van der Waals surface area contributed by atoms with Crippen LogP contribution in [0.1, 0.15) is 36.0 Å². The summed E-state index contributed by atoms with van der Waals surface area (Å²) < 4.78 is 38.3. The van der Waals surface area contributed by atoms with Crippen molar-refractivity contribution in [3.8, 4) is 11.5 Å². The van der Waals surface area contributed by atoms with Crippen molar-refractivity contribution in [3.63, 3.8) is 0 Å². The first kappa shape index (κ1) is 24.1. The van der Waals surface area contributed by atoms with Crippen LogP contribution in [0.3, 0.4) is 0 Å². The van der Waals surface area contributed by atoms with E-state index in [0.717, 1.165) is 29.7 Å². The quantitative estimate of drug-likeness (QED) is 0.551. The van der Waals surface area contributed by atoms with Crippen molar-refractivity contribution in [1.82, 2.24) is 9.62 Å². The third-order valence-corrected chi connectivity index (χ3v) is 7.36. The Hall–Kier alpha value is -2.58. The number of rotatable bonds is 10. The Labute approximate surface area is 190 Å². The van der Waals surface area contributed by atoms with E-state index in [-0.39, 0.29) is 17.2 Å². The first-order chi connectivity index (χ1) is 15.3. The molecule has 1 amide bonds. The molecule has 2 aromatic rings. The van der Waals surface area contributed by atoms with Gasteiger partial charge in [0.05, 0.1) is 18.6 Å². The number of carbonyl (C=O) groups is 1. The Kier molecular flexibility index (Phi) is 8.15. The smallest absolute Gasteiger partial charge is 0.243 e. The Morgan fingerprint density at radius 1 is 1.06 bits per heavy atom. The maximum Gasteiger partial charge on any atom is 0.243 e. The van der Waals surface area contributed by atoms with Crippen LogP contribution in [-0.4, -0.2) is 52.0 Å². The van der Waals surface area contributed by atoms with Crippen LogP contribution in [0, 0.1) is 13.8 Å². The number of methoxy groups -OCH3 is 1. The highest BCUT2D eigenvalue weighted by Gasteiger charge is 2.27. The van der Waals surface area contributed by atoms with Gasteiger partial charge in [-0.15, -0.1) is 0 Å². The molecule has 0 bridgehead atoms. The average Bonchev–Trinajstić information content (AvgIpc) is 3.30. The molecule has 1 fully saturated rings. The van der Waals surface area contributed by atoms with E-state index in [0.29, 0.717) is 44.0 Å². The van der Waals surface area contributed by atoms with Crippen molar-refractivity contribution in [2.24, 2.45) is 0 Å². The second-order valence-corrected chi connectivity index (χ2v) is 10.0. The molecule has 32 heavy (non-hydrogen) atoms. The van der Waals surface area contributed by atoms with Crippen molar-refractivity contribution in [1.29, 1.82) is 0 Å². The number of carbonyl (C=O) groups excluding carboxylic acids is 1. The van der Waals surface area contributed by atoms with Crippen molar-refractivity contribution >= 4 is 15.9 Å². The summed E-state index contributed by atoms with van der Waals surface area (Å²) in [6.45, 7) is 5.91. The van der Waals surface area contributed by atoms with Gasteiger partial charge < -0.3 is 14.8 Å².